The predicted molar refractivity (Wildman–Crippen MR) is 73.4 cm³/mol. The molecule has 0 radical (unpaired) electrons. The lowest BCUT2D eigenvalue weighted by Crippen LogP contribution is -2.39. The van der Waals surface area contributed by atoms with Crippen LogP contribution in [0.25, 0.3) is 0 Å². The minimum absolute atomic E-state index is 0. The Morgan fingerprint density at radius 3 is 2.61 bits per heavy atom. The van der Waals surface area contributed by atoms with Crippen LogP contribution in [0.1, 0.15) is 37.4 Å². The van der Waals surface area contributed by atoms with Crippen molar-refractivity contribution in [2.45, 2.75) is 50.4 Å². The number of hydrogen-bond donors (Lipinski definition) is 1. The van der Waals surface area contributed by atoms with Crippen LogP contribution in [-0.2, 0) is 11.3 Å². The quantitative estimate of drug-likeness (QED) is 0.922. The first-order chi connectivity index (χ1) is 7.85. The molecule has 2 fully saturated rings. The Kier molecular flexibility index (Phi) is 5.85. The maximum Gasteiger partial charge on any atom is 0.108 e. The number of nitrogens with zero attached hydrogens (tertiary/aromatic N) is 3. The van der Waals surface area contributed by atoms with Gasteiger partial charge in [0.05, 0.1) is 18.8 Å². The number of nitrogens with one attached hydrogen (secondary N) is 1. The first-order valence-electron chi connectivity index (χ1n) is 6.01. The van der Waals surface area contributed by atoms with E-state index in [-0.39, 0.29) is 24.8 Å². The molecule has 0 aromatic carbocycles. The molecule has 18 heavy (non-hydrogen) atoms. The largest absolute Gasteiger partial charge is 0.378 e. The van der Waals surface area contributed by atoms with Gasteiger partial charge >= 0.3 is 0 Å². The van der Waals surface area contributed by atoms with Gasteiger partial charge in [-0.2, -0.15) is 0 Å². The Balaban J connectivity index is 0.000000810. The second-order valence-corrected chi connectivity index (χ2v) is 4.89. The van der Waals surface area contributed by atoms with Gasteiger partial charge in [0.25, 0.3) is 0 Å². The molecule has 2 bridgehead atoms. The number of ether oxygens (including phenoxy) is 1. The molecule has 2 atom stereocenters. The fourth-order valence-corrected chi connectivity index (χ4v) is 2.95. The van der Waals surface area contributed by atoms with Crippen molar-refractivity contribution in [3.8, 4) is 0 Å². The molecule has 1 N–H and O–H groups in total. The zero-order valence-corrected chi connectivity index (χ0v) is 12.0. The summed E-state index contributed by atoms with van der Waals surface area (Å²) in [7, 11) is 1.68. The van der Waals surface area contributed by atoms with Crippen molar-refractivity contribution in [1.29, 1.82) is 0 Å². The molecular formula is C11H20Cl2N4O. The smallest absolute Gasteiger partial charge is 0.108 e. The molecular weight excluding hydrogens is 275 g/mol. The topological polar surface area (TPSA) is 52.0 Å². The average Bonchev–Trinajstić information content (AvgIpc) is 2.87. The van der Waals surface area contributed by atoms with Crippen LogP contribution in [0.2, 0.25) is 0 Å². The molecule has 0 spiro atoms. The van der Waals surface area contributed by atoms with Crippen LogP contribution in [0.3, 0.4) is 0 Å². The van der Waals surface area contributed by atoms with E-state index in [4.69, 9.17) is 4.74 Å². The third kappa shape index (κ3) is 3.15. The number of hydrogen-bond acceptors (Lipinski definition) is 4. The molecule has 2 unspecified atom stereocenters. The summed E-state index contributed by atoms with van der Waals surface area (Å²) in [6.07, 6.45) is 7.04. The summed E-state index contributed by atoms with van der Waals surface area (Å²) in [4.78, 5) is 0. The second-order valence-electron chi connectivity index (χ2n) is 4.89. The van der Waals surface area contributed by atoms with Crippen LogP contribution in [0.5, 0.6) is 0 Å². The Morgan fingerprint density at radius 1 is 1.33 bits per heavy atom. The standard InChI is InChI=1S/C11H18N4O.2ClH/c1-16-7-10-6-15(14-13-10)11-4-8-2-3-9(5-11)12-8;;/h6,8-9,11-12H,2-5,7H2,1H3;2*1H. The number of fused-ring (bicyclic) bond motifs is 2. The Morgan fingerprint density at radius 2 is 2.00 bits per heavy atom. The molecule has 3 heterocycles. The lowest BCUT2D eigenvalue weighted by molar-refractivity contribution is 0.181. The normalized spacial score (nSPS) is 29.5. The highest BCUT2D eigenvalue weighted by molar-refractivity contribution is 5.85. The van der Waals surface area contributed by atoms with Crippen molar-refractivity contribution in [2.24, 2.45) is 0 Å². The molecule has 2 aliphatic rings. The average molecular weight is 295 g/mol. The zero-order chi connectivity index (χ0) is 11.0. The molecule has 1 aromatic heterocycles. The van der Waals surface area contributed by atoms with Gasteiger partial charge in [-0.25, -0.2) is 4.68 Å². The highest BCUT2D eigenvalue weighted by Crippen LogP contribution is 2.33. The number of piperidine rings is 1. The van der Waals surface area contributed by atoms with E-state index in [1.165, 1.54) is 25.7 Å². The van der Waals surface area contributed by atoms with Crippen LogP contribution in [-0.4, -0.2) is 34.2 Å². The van der Waals surface area contributed by atoms with E-state index in [9.17, 15) is 0 Å². The SMILES string of the molecule is COCc1cn(C2CC3CCC(C2)N3)nn1.Cl.Cl. The molecule has 2 aliphatic heterocycles. The summed E-state index contributed by atoms with van der Waals surface area (Å²) in [5, 5.41) is 12.0. The van der Waals surface area contributed by atoms with Crippen molar-refractivity contribution in [1.82, 2.24) is 20.3 Å². The zero-order valence-electron chi connectivity index (χ0n) is 10.4. The Hall–Kier alpha value is -0.360. The van der Waals surface area contributed by atoms with Gasteiger partial charge in [-0.15, -0.1) is 29.9 Å². The number of methoxy groups -OCH3 is 1. The van der Waals surface area contributed by atoms with Gasteiger partial charge in [0.15, 0.2) is 0 Å². The molecule has 104 valence electrons. The van der Waals surface area contributed by atoms with Crippen molar-refractivity contribution in [3.63, 3.8) is 0 Å². The molecule has 7 heteroatoms. The summed E-state index contributed by atoms with van der Waals surface area (Å²) < 4.78 is 7.08. The van der Waals surface area contributed by atoms with E-state index >= 15 is 0 Å². The van der Waals surface area contributed by atoms with Crippen molar-refractivity contribution < 1.29 is 4.74 Å². The van der Waals surface area contributed by atoms with Crippen LogP contribution in [0.4, 0.5) is 0 Å². The predicted octanol–water partition coefficient (Wildman–Crippen LogP) is 1.72. The van der Waals surface area contributed by atoms with Crippen LogP contribution in [0, 0.1) is 0 Å². The summed E-state index contributed by atoms with van der Waals surface area (Å²) >= 11 is 0. The third-order valence-electron chi connectivity index (χ3n) is 3.67. The van der Waals surface area contributed by atoms with Crippen LogP contribution in [0.15, 0.2) is 6.20 Å². The monoisotopic (exact) mass is 294 g/mol. The minimum atomic E-state index is 0. The van der Waals surface area contributed by atoms with Gasteiger partial charge in [0.1, 0.15) is 5.69 Å². The van der Waals surface area contributed by atoms with Crippen LogP contribution >= 0.6 is 24.8 Å². The number of aromatic nitrogens is 3. The van der Waals surface area contributed by atoms with E-state index < -0.39 is 0 Å². The molecule has 1 aromatic rings. The van der Waals surface area contributed by atoms with Crippen LogP contribution < -0.4 is 5.32 Å². The lowest BCUT2D eigenvalue weighted by Gasteiger charge is -2.28. The Labute approximate surface area is 119 Å². The van der Waals surface area contributed by atoms with E-state index in [1.807, 2.05) is 10.9 Å². The molecule has 0 saturated carbocycles. The molecule has 0 aliphatic carbocycles. The minimum Gasteiger partial charge on any atom is -0.378 e. The summed E-state index contributed by atoms with van der Waals surface area (Å²) in [5.41, 5.74) is 0.924. The van der Waals surface area contributed by atoms with Crippen molar-refractivity contribution in [2.75, 3.05) is 7.11 Å². The highest BCUT2D eigenvalue weighted by Gasteiger charge is 2.34. The fourth-order valence-electron chi connectivity index (χ4n) is 2.95. The lowest BCUT2D eigenvalue weighted by atomic mass is 10.0. The van der Waals surface area contributed by atoms with Crippen molar-refractivity contribution >= 4 is 24.8 Å². The summed E-state index contributed by atoms with van der Waals surface area (Å²) in [6.45, 7) is 0.553. The van der Waals surface area contributed by atoms with E-state index in [1.54, 1.807) is 7.11 Å². The van der Waals surface area contributed by atoms with Gasteiger partial charge in [0, 0.05) is 19.2 Å². The van der Waals surface area contributed by atoms with Gasteiger partial charge in [-0.3, -0.25) is 0 Å². The van der Waals surface area contributed by atoms with Gasteiger partial charge < -0.3 is 10.1 Å². The van der Waals surface area contributed by atoms with Gasteiger partial charge in [-0.1, -0.05) is 5.21 Å². The van der Waals surface area contributed by atoms with Crippen molar-refractivity contribution in [3.05, 3.63) is 11.9 Å². The molecule has 2 saturated heterocycles. The first kappa shape index (κ1) is 15.7. The van der Waals surface area contributed by atoms with Gasteiger partial charge in [-0.05, 0) is 25.7 Å². The summed E-state index contributed by atoms with van der Waals surface area (Å²) in [5.74, 6) is 0. The van der Waals surface area contributed by atoms with E-state index in [2.05, 4.69) is 15.6 Å². The molecule has 3 rings (SSSR count). The van der Waals surface area contributed by atoms with Gasteiger partial charge in [0.2, 0.25) is 0 Å². The Bertz CT molecular complexity index is 362. The summed E-state index contributed by atoms with van der Waals surface area (Å²) in [6, 6.07) is 1.91. The van der Waals surface area contributed by atoms with E-state index in [0.717, 1.165) is 5.69 Å². The third-order valence-corrected chi connectivity index (χ3v) is 3.67. The molecule has 5 nitrogen and oxygen atoms in total. The number of halogens is 2. The maximum atomic E-state index is 5.05. The highest BCUT2D eigenvalue weighted by atomic mass is 35.5. The second kappa shape index (κ2) is 6.70. The van der Waals surface area contributed by atoms with E-state index in [0.29, 0.717) is 24.7 Å². The first-order valence-corrected chi connectivity index (χ1v) is 6.01. The molecule has 0 amide bonds. The fraction of sp³-hybridized carbons (Fsp3) is 0.818. The number of rotatable bonds is 3. The maximum absolute atomic E-state index is 5.05.